The lowest BCUT2D eigenvalue weighted by Gasteiger charge is -2.61. The van der Waals surface area contributed by atoms with Crippen molar-refractivity contribution in [2.24, 2.45) is 52.3 Å². The van der Waals surface area contributed by atoms with Crippen LogP contribution < -0.4 is 10.6 Å². The fraction of sp³-hybridized carbons (Fsp3) is 0.872. The van der Waals surface area contributed by atoms with Crippen molar-refractivity contribution in [2.75, 3.05) is 13.7 Å². The molecule has 14 heteroatoms. The van der Waals surface area contributed by atoms with Crippen LogP contribution in [0.5, 0.6) is 0 Å². The molecule has 346 valence electrons. The van der Waals surface area contributed by atoms with E-state index in [-0.39, 0.29) is 17.9 Å². The van der Waals surface area contributed by atoms with Gasteiger partial charge < -0.3 is 39.1 Å². The van der Waals surface area contributed by atoms with Crippen molar-refractivity contribution in [1.82, 2.24) is 10.6 Å². The van der Waals surface area contributed by atoms with Crippen LogP contribution in [0.25, 0.3) is 0 Å². The van der Waals surface area contributed by atoms with Gasteiger partial charge in [0.2, 0.25) is 5.91 Å². The van der Waals surface area contributed by atoms with Crippen LogP contribution in [0.3, 0.4) is 0 Å². The molecule has 15 atom stereocenters. The highest BCUT2D eigenvalue weighted by Crippen LogP contribution is 2.68. The van der Waals surface area contributed by atoms with E-state index in [4.69, 9.17) is 28.4 Å². The predicted molar refractivity (Wildman–Crippen MR) is 225 cm³/mol. The molecule has 0 radical (unpaired) electrons. The van der Waals surface area contributed by atoms with Crippen LogP contribution in [0.4, 0.5) is 0 Å². The average Bonchev–Trinajstić information content (AvgIpc) is 3.53. The predicted octanol–water partition coefficient (Wildman–Crippen LogP) is 6.59. The van der Waals surface area contributed by atoms with Gasteiger partial charge in [-0.2, -0.15) is 0 Å². The molecule has 1 aliphatic heterocycles. The molecule has 1 saturated heterocycles. The number of nitrogens with one attached hydrogen (secondary N) is 2. The second kappa shape index (κ2) is 20.1. The summed E-state index contributed by atoms with van der Waals surface area (Å²) >= 11 is 0. The summed E-state index contributed by atoms with van der Waals surface area (Å²) in [6.07, 6.45) is 8.08. The number of amides is 2. The van der Waals surface area contributed by atoms with Gasteiger partial charge in [-0.05, 0) is 110 Å². The lowest BCUT2D eigenvalue weighted by Crippen LogP contribution is -2.70. The van der Waals surface area contributed by atoms with Gasteiger partial charge in [-0.15, -0.1) is 0 Å². The number of hydrogen-bond donors (Lipinski definition) is 2. The van der Waals surface area contributed by atoms with E-state index in [9.17, 15) is 28.8 Å². The second-order valence-corrected chi connectivity index (χ2v) is 20.3. The van der Waals surface area contributed by atoms with Crippen molar-refractivity contribution in [3.63, 3.8) is 0 Å². The van der Waals surface area contributed by atoms with Gasteiger partial charge in [0.25, 0.3) is 11.7 Å². The Morgan fingerprint density at radius 2 is 1.43 bits per heavy atom. The van der Waals surface area contributed by atoms with Gasteiger partial charge in [-0.1, -0.05) is 53.9 Å². The monoisotopic (exact) mass is 861 g/mol. The normalized spacial score (nSPS) is 37.1. The standard InChI is InChI=1S/C47H76N2O12/c1-26(2)13-12-14-27(3)36-17-18-37-35-16-15-33-23-34(19-21-45(33,9)38(35)20-22-46(36,37)10)49-44(55)47(56-11)24-39(58-30(6)52)41(48-28(4)50)43(61-47)42(60-32(8)54)40(59-31(7)53)25-57-29(5)51/h26-27,33-43H,12-25H2,1-11H3,(H,48,50)(H,49,55)/t27-,33+,34-,35+,36-,37+,38+,39+,40-,41-,42-,43-,45+,46-,47-/m1/s1. The Bertz CT molecular complexity index is 1600. The zero-order chi connectivity index (χ0) is 45.0. The summed E-state index contributed by atoms with van der Waals surface area (Å²) in [4.78, 5) is 76.7. The molecule has 14 nitrogen and oxygen atoms in total. The summed E-state index contributed by atoms with van der Waals surface area (Å²) in [6, 6.07) is -1.40. The number of esters is 4. The van der Waals surface area contributed by atoms with Gasteiger partial charge >= 0.3 is 23.9 Å². The zero-order valence-corrected chi connectivity index (χ0v) is 38.8. The topological polar surface area (TPSA) is 182 Å². The van der Waals surface area contributed by atoms with Crippen LogP contribution in [-0.4, -0.2) is 91.7 Å². The molecule has 1 heterocycles. The highest BCUT2D eigenvalue weighted by molar-refractivity contribution is 5.84. The molecule has 0 aromatic rings. The summed E-state index contributed by atoms with van der Waals surface area (Å²) in [7, 11) is 1.29. The Kier molecular flexibility index (Phi) is 16.0. The van der Waals surface area contributed by atoms with Gasteiger partial charge in [0, 0.05) is 47.8 Å². The van der Waals surface area contributed by atoms with E-state index >= 15 is 0 Å². The average molecular weight is 861 g/mol. The second-order valence-electron chi connectivity index (χ2n) is 20.3. The largest absolute Gasteiger partial charge is 0.462 e. The van der Waals surface area contributed by atoms with Crippen LogP contribution in [0.15, 0.2) is 0 Å². The molecule has 5 aliphatic rings. The van der Waals surface area contributed by atoms with Crippen molar-refractivity contribution in [1.29, 1.82) is 0 Å². The molecular weight excluding hydrogens is 785 g/mol. The summed E-state index contributed by atoms with van der Waals surface area (Å²) in [5.41, 5.74) is 0.587. The fourth-order valence-corrected chi connectivity index (χ4v) is 13.2. The third-order valence-electron chi connectivity index (χ3n) is 15.9. The molecule has 2 amide bonds. The molecule has 4 aliphatic carbocycles. The number of fused-ring (bicyclic) bond motifs is 5. The third kappa shape index (κ3) is 10.9. The summed E-state index contributed by atoms with van der Waals surface area (Å²) in [6.45, 7) is 17.6. The van der Waals surface area contributed by atoms with E-state index in [0.29, 0.717) is 17.3 Å². The molecule has 5 fully saturated rings. The van der Waals surface area contributed by atoms with Crippen LogP contribution >= 0.6 is 0 Å². The van der Waals surface area contributed by atoms with E-state index in [2.05, 4.69) is 45.3 Å². The van der Waals surface area contributed by atoms with Crippen molar-refractivity contribution >= 4 is 35.7 Å². The minimum atomic E-state index is -2.10. The quantitative estimate of drug-likeness (QED) is 0.126. The van der Waals surface area contributed by atoms with Crippen molar-refractivity contribution in [3.05, 3.63) is 0 Å². The molecule has 0 spiro atoms. The Morgan fingerprint density at radius 3 is 2.03 bits per heavy atom. The number of hydrogen-bond acceptors (Lipinski definition) is 12. The summed E-state index contributed by atoms with van der Waals surface area (Å²) < 4.78 is 34.6. The third-order valence-corrected chi connectivity index (χ3v) is 15.9. The molecule has 0 aromatic heterocycles. The van der Waals surface area contributed by atoms with Crippen molar-refractivity contribution in [3.8, 4) is 0 Å². The molecule has 0 bridgehead atoms. The van der Waals surface area contributed by atoms with Crippen LogP contribution in [0.1, 0.15) is 153 Å². The van der Waals surface area contributed by atoms with Crippen molar-refractivity contribution < 1.29 is 57.2 Å². The molecular formula is C47H76N2O12. The van der Waals surface area contributed by atoms with E-state index in [1.165, 1.54) is 72.3 Å². The minimum Gasteiger partial charge on any atom is -0.462 e. The SMILES string of the molecule is CO[C@]1(C(=O)N[C@@H]2CC[C@@]3(C)[C@@H](CC[C@@H]4[C@@H]3CC[C@]3(C)[C@@H]([C@H](C)CCCC(C)C)CC[C@@H]43)C2)C[C@H](OC(C)=O)[C@@H](NC(C)=O)[C@H]([C@H](OC(C)=O)[C@@H](COC(C)=O)OC(C)=O)O1. The van der Waals surface area contributed by atoms with E-state index < -0.39 is 78.5 Å². The highest BCUT2D eigenvalue weighted by atomic mass is 16.7. The molecule has 2 N–H and O–H groups in total. The minimum absolute atomic E-state index is 0.175. The van der Waals surface area contributed by atoms with Gasteiger partial charge in [-0.3, -0.25) is 28.8 Å². The Labute approximate surface area is 363 Å². The lowest BCUT2D eigenvalue weighted by atomic mass is 9.44. The Hall–Kier alpha value is -3.26. The van der Waals surface area contributed by atoms with E-state index in [0.717, 1.165) is 76.0 Å². The molecule has 5 rings (SSSR count). The van der Waals surface area contributed by atoms with Gasteiger partial charge in [0.1, 0.15) is 18.8 Å². The molecule has 4 saturated carbocycles. The number of carbonyl (C=O) groups excluding carboxylic acids is 6. The Morgan fingerprint density at radius 1 is 0.754 bits per heavy atom. The smallest absolute Gasteiger partial charge is 0.303 e. The maximum absolute atomic E-state index is 14.7. The number of ether oxygens (including phenoxy) is 6. The molecule has 0 unspecified atom stereocenters. The lowest BCUT2D eigenvalue weighted by molar-refractivity contribution is -0.299. The van der Waals surface area contributed by atoms with Gasteiger partial charge in [-0.25, -0.2) is 0 Å². The van der Waals surface area contributed by atoms with Crippen molar-refractivity contribution in [2.45, 2.75) is 195 Å². The van der Waals surface area contributed by atoms with Gasteiger partial charge in [0.05, 0.1) is 12.5 Å². The first-order valence-electron chi connectivity index (χ1n) is 23.1. The summed E-state index contributed by atoms with van der Waals surface area (Å²) in [5, 5.41) is 5.96. The summed E-state index contributed by atoms with van der Waals surface area (Å²) in [5.74, 6) is -1.35. The Balaban J connectivity index is 1.36. The van der Waals surface area contributed by atoms with Crippen LogP contribution in [0, 0.1) is 52.3 Å². The number of carbonyl (C=O) groups is 6. The first kappa shape index (κ1) is 48.8. The first-order chi connectivity index (χ1) is 28.6. The maximum Gasteiger partial charge on any atom is 0.303 e. The number of rotatable bonds is 16. The van der Waals surface area contributed by atoms with Crippen LogP contribution in [-0.2, 0) is 57.2 Å². The number of methoxy groups -OCH3 is 1. The van der Waals surface area contributed by atoms with E-state index in [1.54, 1.807) is 0 Å². The van der Waals surface area contributed by atoms with E-state index in [1.807, 2.05) is 0 Å². The highest BCUT2D eigenvalue weighted by Gasteiger charge is 2.62. The molecule has 61 heavy (non-hydrogen) atoms. The van der Waals surface area contributed by atoms with Gasteiger partial charge in [0.15, 0.2) is 12.2 Å². The zero-order valence-electron chi connectivity index (χ0n) is 38.8. The maximum atomic E-state index is 14.7. The fourth-order valence-electron chi connectivity index (χ4n) is 13.2. The molecule has 0 aromatic carbocycles. The van der Waals surface area contributed by atoms with Crippen LogP contribution in [0.2, 0.25) is 0 Å². The first-order valence-corrected chi connectivity index (χ1v) is 23.1.